The van der Waals surface area contributed by atoms with Crippen molar-refractivity contribution in [2.24, 2.45) is 5.92 Å². The van der Waals surface area contributed by atoms with Crippen molar-refractivity contribution in [3.05, 3.63) is 53.1 Å². The molecule has 1 saturated heterocycles. The van der Waals surface area contributed by atoms with Gasteiger partial charge in [-0.15, -0.1) is 0 Å². The lowest BCUT2D eigenvalue weighted by molar-refractivity contribution is -0.137. The van der Waals surface area contributed by atoms with Crippen molar-refractivity contribution in [3.63, 3.8) is 0 Å². The van der Waals surface area contributed by atoms with Crippen LogP contribution in [0.2, 0.25) is 5.02 Å². The third-order valence-electron chi connectivity index (χ3n) is 4.27. The fourth-order valence-electron chi connectivity index (χ4n) is 2.87. The summed E-state index contributed by atoms with van der Waals surface area (Å²) in [5, 5.41) is -0.676. The van der Waals surface area contributed by atoms with Gasteiger partial charge >= 0.3 is 6.18 Å². The number of hydrogen-bond acceptors (Lipinski definition) is 5. The van der Waals surface area contributed by atoms with E-state index in [2.05, 4.69) is 4.72 Å². The van der Waals surface area contributed by atoms with Crippen LogP contribution in [0.25, 0.3) is 0 Å². The van der Waals surface area contributed by atoms with E-state index in [9.17, 15) is 34.8 Å². The van der Waals surface area contributed by atoms with Crippen LogP contribution in [0.4, 0.5) is 24.5 Å². The van der Waals surface area contributed by atoms with Gasteiger partial charge in [0.1, 0.15) is 0 Å². The molecule has 0 spiro atoms. The van der Waals surface area contributed by atoms with Crippen LogP contribution in [-0.2, 0) is 31.0 Å². The second-order valence-corrected chi connectivity index (χ2v) is 10.5. The molecule has 1 atom stereocenters. The summed E-state index contributed by atoms with van der Waals surface area (Å²) >= 11 is 5.59. The van der Waals surface area contributed by atoms with Crippen molar-refractivity contribution in [2.45, 2.75) is 18.0 Å². The lowest BCUT2D eigenvalue weighted by Crippen LogP contribution is -2.30. The van der Waals surface area contributed by atoms with Gasteiger partial charge in [0.15, 0.2) is 0 Å². The summed E-state index contributed by atoms with van der Waals surface area (Å²) in [6, 6.07) is 6.85. The second kappa shape index (κ2) is 7.43. The Hall–Kier alpha value is -2.31. The number of amides is 1. The molecular formula is C17H14ClF3N2O5S2. The van der Waals surface area contributed by atoms with Crippen LogP contribution in [0.3, 0.4) is 0 Å². The number of nitrogens with zero attached hydrogens (tertiary/aromatic N) is 1. The summed E-state index contributed by atoms with van der Waals surface area (Å²) in [5.41, 5.74) is -1.31. The zero-order valence-corrected chi connectivity index (χ0v) is 17.5. The highest BCUT2D eigenvalue weighted by atomic mass is 35.5. The Morgan fingerprint density at radius 3 is 2.20 bits per heavy atom. The van der Waals surface area contributed by atoms with E-state index in [1.807, 2.05) is 0 Å². The smallest absolute Gasteiger partial charge is 0.280 e. The Balaban J connectivity index is 1.86. The number of sulfonamides is 2. The number of alkyl halides is 3. The molecule has 1 heterocycles. The molecule has 1 aliphatic rings. The molecule has 1 aliphatic heterocycles. The Morgan fingerprint density at radius 1 is 1.13 bits per heavy atom. The van der Waals surface area contributed by atoms with Crippen molar-refractivity contribution in [2.75, 3.05) is 14.8 Å². The van der Waals surface area contributed by atoms with Crippen molar-refractivity contribution >= 4 is 48.9 Å². The summed E-state index contributed by atoms with van der Waals surface area (Å²) in [6.07, 6.45) is -4.69. The molecule has 1 fully saturated rings. The highest BCUT2D eigenvalue weighted by Crippen LogP contribution is 2.36. The Morgan fingerprint density at radius 2 is 1.73 bits per heavy atom. The normalized spacial score (nSPS) is 19.2. The molecule has 0 saturated carbocycles. The molecular weight excluding hydrogens is 469 g/mol. The zero-order chi connectivity index (χ0) is 22.5. The van der Waals surface area contributed by atoms with E-state index in [1.165, 1.54) is 6.92 Å². The van der Waals surface area contributed by atoms with Gasteiger partial charge in [-0.2, -0.15) is 13.2 Å². The number of rotatable bonds is 4. The van der Waals surface area contributed by atoms with Gasteiger partial charge in [0.05, 0.1) is 38.5 Å². The maximum atomic E-state index is 12.8. The van der Waals surface area contributed by atoms with Gasteiger partial charge in [-0.1, -0.05) is 18.5 Å². The number of hydrogen-bond donors (Lipinski definition) is 1. The first-order valence-electron chi connectivity index (χ1n) is 8.29. The van der Waals surface area contributed by atoms with Crippen LogP contribution in [0.5, 0.6) is 0 Å². The van der Waals surface area contributed by atoms with E-state index in [0.717, 1.165) is 36.4 Å². The fraction of sp³-hybridized carbons (Fsp3) is 0.235. The first-order chi connectivity index (χ1) is 13.7. The molecule has 3 rings (SSSR count). The van der Waals surface area contributed by atoms with Crippen LogP contribution in [-0.4, -0.2) is 28.5 Å². The summed E-state index contributed by atoms with van der Waals surface area (Å²) < 4.78 is 90.2. The van der Waals surface area contributed by atoms with Crippen LogP contribution < -0.4 is 9.03 Å². The quantitative estimate of drug-likeness (QED) is 0.719. The molecule has 7 nitrogen and oxygen atoms in total. The lowest BCUT2D eigenvalue weighted by atomic mass is 10.2. The molecule has 1 amide bonds. The summed E-state index contributed by atoms with van der Waals surface area (Å²) in [4.78, 5) is 11.8. The Kier molecular flexibility index (Phi) is 5.54. The molecule has 162 valence electrons. The second-order valence-electron chi connectivity index (χ2n) is 6.57. The Labute approximate surface area is 175 Å². The van der Waals surface area contributed by atoms with E-state index in [4.69, 9.17) is 11.6 Å². The van der Waals surface area contributed by atoms with Crippen LogP contribution >= 0.6 is 11.6 Å². The molecule has 13 heteroatoms. The highest BCUT2D eigenvalue weighted by molar-refractivity contribution is 7.94. The molecule has 0 radical (unpaired) electrons. The largest absolute Gasteiger partial charge is 0.417 e. The molecule has 0 aliphatic carbocycles. The number of carbonyl (C=O) groups excluding carboxylic acids is 1. The molecule has 1 N–H and O–H groups in total. The van der Waals surface area contributed by atoms with Gasteiger partial charge in [0.25, 0.3) is 10.0 Å². The first kappa shape index (κ1) is 22.4. The van der Waals surface area contributed by atoms with Gasteiger partial charge in [0.2, 0.25) is 15.9 Å². The monoisotopic (exact) mass is 482 g/mol. The van der Waals surface area contributed by atoms with Crippen LogP contribution in [0, 0.1) is 5.92 Å². The van der Waals surface area contributed by atoms with Crippen molar-refractivity contribution < 1.29 is 34.8 Å². The average molecular weight is 483 g/mol. The number of anilines is 2. The van der Waals surface area contributed by atoms with E-state index in [1.54, 1.807) is 0 Å². The highest BCUT2D eigenvalue weighted by Gasteiger charge is 2.42. The maximum absolute atomic E-state index is 12.8. The molecule has 2 aromatic carbocycles. The number of halogens is 4. The van der Waals surface area contributed by atoms with Gasteiger partial charge < -0.3 is 0 Å². The number of carbonyl (C=O) groups is 1. The Bertz CT molecular complexity index is 1210. The predicted molar refractivity (Wildman–Crippen MR) is 104 cm³/mol. The van der Waals surface area contributed by atoms with Crippen molar-refractivity contribution in [1.82, 2.24) is 0 Å². The lowest BCUT2D eigenvalue weighted by Gasteiger charge is -2.16. The van der Waals surface area contributed by atoms with Crippen molar-refractivity contribution in [1.29, 1.82) is 0 Å². The predicted octanol–water partition coefficient (Wildman–Crippen LogP) is 3.47. The van der Waals surface area contributed by atoms with Crippen LogP contribution in [0.1, 0.15) is 12.5 Å². The topological polar surface area (TPSA) is 101 Å². The van der Waals surface area contributed by atoms with Gasteiger partial charge in [-0.05, 0) is 42.5 Å². The maximum Gasteiger partial charge on any atom is 0.417 e. The molecule has 0 unspecified atom stereocenters. The standard InChI is InChI=1S/C17H14ClF3N2O5S2/c1-10-9-29(25,26)23(16(10)24)12-3-5-13(6-4-12)30(27,28)22-11-2-7-14(15(18)8-11)17(19,20)21/h2-8,10,22H,9H2,1H3/t10-/m0/s1. The SMILES string of the molecule is C[C@H]1CS(=O)(=O)N(c2ccc(S(=O)(=O)Nc3ccc(C(F)(F)F)c(Cl)c3)cc2)C1=O. The minimum Gasteiger partial charge on any atom is -0.280 e. The van der Waals surface area contributed by atoms with E-state index in [0.29, 0.717) is 10.4 Å². The number of nitrogens with one attached hydrogen (secondary N) is 1. The minimum atomic E-state index is -4.69. The molecule has 0 bridgehead atoms. The van der Waals surface area contributed by atoms with Crippen molar-refractivity contribution in [3.8, 4) is 0 Å². The van der Waals surface area contributed by atoms with E-state index in [-0.39, 0.29) is 22.0 Å². The van der Waals surface area contributed by atoms with Gasteiger partial charge in [0, 0.05) is 0 Å². The van der Waals surface area contributed by atoms with Gasteiger partial charge in [-0.3, -0.25) is 9.52 Å². The summed E-state index contributed by atoms with van der Waals surface area (Å²) in [5.74, 6) is -1.69. The molecule has 30 heavy (non-hydrogen) atoms. The fourth-order valence-corrected chi connectivity index (χ4v) is 6.03. The molecule has 0 aromatic heterocycles. The third kappa shape index (κ3) is 4.25. The minimum absolute atomic E-state index is 0.0131. The summed E-state index contributed by atoms with van der Waals surface area (Å²) in [6.45, 7) is 1.47. The number of benzene rings is 2. The average Bonchev–Trinajstić information content (AvgIpc) is 2.80. The van der Waals surface area contributed by atoms with Gasteiger partial charge in [-0.25, -0.2) is 21.1 Å². The summed E-state index contributed by atoms with van der Waals surface area (Å²) in [7, 11) is -8.06. The zero-order valence-electron chi connectivity index (χ0n) is 15.1. The van der Waals surface area contributed by atoms with E-state index < -0.39 is 48.6 Å². The first-order valence-corrected chi connectivity index (χ1v) is 11.8. The van der Waals surface area contributed by atoms with Crippen LogP contribution in [0.15, 0.2) is 47.4 Å². The molecule has 2 aromatic rings. The third-order valence-corrected chi connectivity index (χ3v) is 7.85. The van der Waals surface area contributed by atoms with E-state index >= 15 is 0 Å².